The molecule has 3 aromatic carbocycles. The lowest BCUT2D eigenvalue weighted by Crippen LogP contribution is -2.58. The van der Waals surface area contributed by atoms with Crippen molar-refractivity contribution in [2.24, 2.45) is 0 Å². The molecule has 10 heteroatoms. The molecule has 216 valence electrons. The minimum Gasteiger partial charge on any atom is -0.368 e. The number of anilines is 1. The summed E-state index contributed by atoms with van der Waals surface area (Å²) in [5.41, 5.74) is 5.60. The number of carbonyl (C=O) groups is 2. The number of nitrogens with one attached hydrogen (secondary N) is 2. The maximum Gasteiger partial charge on any atom is 0.245 e. The van der Waals surface area contributed by atoms with Crippen molar-refractivity contribution in [2.45, 2.75) is 38.0 Å². The van der Waals surface area contributed by atoms with E-state index in [-0.39, 0.29) is 11.8 Å². The van der Waals surface area contributed by atoms with Crippen molar-refractivity contribution in [3.63, 3.8) is 0 Å². The molecule has 1 fully saturated rings. The van der Waals surface area contributed by atoms with E-state index in [1.165, 1.54) is 11.9 Å². The van der Waals surface area contributed by atoms with Crippen LogP contribution in [0.1, 0.15) is 22.3 Å². The Morgan fingerprint density at radius 2 is 1.69 bits per heavy atom. The molecule has 4 aromatic rings. The van der Waals surface area contributed by atoms with Crippen LogP contribution in [0.3, 0.4) is 0 Å². The Balaban J connectivity index is 1.14. The van der Waals surface area contributed by atoms with Crippen molar-refractivity contribution in [3.05, 3.63) is 113 Å². The Labute approximate surface area is 250 Å². The second kappa shape index (κ2) is 12.8. The number of aromatic nitrogens is 3. The first-order valence-corrected chi connectivity index (χ1v) is 14.7. The van der Waals surface area contributed by atoms with Crippen molar-refractivity contribution >= 4 is 29.1 Å². The third kappa shape index (κ3) is 6.48. The fourth-order valence-corrected chi connectivity index (χ4v) is 5.92. The van der Waals surface area contributed by atoms with Crippen molar-refractivity contribution < 1.29 is 9.59 Å². The quantitative estimate of drug-likeness (QED) is 0.331. The molecule has 2 aliphatic rings. The van der Waals surface area contributed by atoms with Gasteiger partial charge in [0.25, 0.3) is 0 Å². The smallest absolute Gasteiger partial charge is 0.245 e. The molecule has 42 heavy (non-hydrogen) atoms. The molecule has 0 saturated carbocycles. The number of halogens is 1. The molecule has 6 rings (SSSR count). The molecule has 0 bridgehead atoms. The molecule has 1 aromatic heterocycles. The van der Waals surface area contributed by atoms with Gasteiger partial charge in [-0.15, -0.1) is 0 Å². The standard InChI is InChI=1S/C32H34ClN7O2/c33-27-11-9-23(10-12-27)17-29(37-31(41)28-18-24-5-1-2-6-25(24)19-35-28)32(42)39-15-13-38(14-16-39)30-8-4-3-7-26(30)20-40-22-34-21-36-40/h1-12,21-22,28-29,35H,13-20H2,(H,37,41)/t28-,29-/m1/s1. The predicted octanol–water partition coefficient (Wildman–Crippen LogP) is 3.07. The molecular weight excluding hydrogens is 550 g/mol. The van der Waals surface area contributed by atoms with Crippen molar-refractivity contribution in [3.8, 4) is 0 Å². The Bertz CT molecular complexity index is 1520. The molecule has 0 spiro atoms. The molecule has 0 unspecified atom stereocenters. The lowest BCUT2D eigenvalue weighted by molar-refractivity contribution is -0.137. The second-order valence-corrected chi connectivity index (χ2v) is 11.3. The van der Waals surface area contributed by atoms with Crippen molar-refractivity contribution in [1.82, 2.24) is 30.3 Å². The van der Waals surface area contributed by atoms with Gasteiger partial charge in [0.2, 0.25) is 11.8 Å². The van der Waals surface area contributed by atoms with E-state index in [1.807, 2.05) is 58.1 Å². The molecule has 0 radical (unpaired) electrons. The van der Waals surface area contributed by atoms with Crippen LogP contribution in [0.25, 0.3) is 0 Å². The van der Waals surface area contributed by atoms with E-state index in [9.17, 15) is 9.59 Å². The molecular formula is C32H34ClN7O2. The summed E-state index contributed by atoms with van der Waals surface area (Å²) in [6.07, 6.45) is 4.24. The third-order valence-electron chi connectivity index (χ3n) is 8.09. The van der Waals surface area contributed by atoms with E-state index in [0.717, 1.165) is 22.4 Å². The Morgan fingerprint density at radius 3 is 2.45 bits per heavy atom. The van der Waals surface area contributed by atoms with Crippen LogP contribution >= 0.6 is 11.6 Å². The highest BCUT2D eigenvalue weighted by Crippen LogP contribution is 2.23. The first-order valence-electron chi connectivity index (χ1n) is 14.3. The van der Waals surface area contributed by atoms with Gasteiger partial charge in [-0.1, -0.05) is 66.2 Å². The van der Waals surface area contributed by atoms with Crippen LogP contribution in [0.15, 0.2) is 85.5 Å². The first kappa shape index (κ1) is 27.9. The van der Waals surface area contributed by atoms with Gasteiger partial charge in [0.05, 0.1) is 12.6 Å². The molecule has 2 amide bonds. The summed E-state index contributed by atoms with van der Waals surface area (Å²) < 4.78 is 1.81. The Morgan fingerprint density at radius 1 is 0.952 bits per heavy atom. The lowest BCUT2D eigenvalue weighted by Gasteiger charge is -2.38. The monoisotopic (exact) mass is 583 g/mol. The largest absolute Gasteiger partial charge is 0.368 e. The fourth-order valence-electron chi connectivity index (χ4n) is 5.80. The van der Waals surface area contributed by atoms with E-state index >= 15 is 0 Å². The highest BCUT2D eigenvalue weighted by atomic mass is 35.5. The van der Waals surface area contributed by atoms with E-state index in [1.54, 1.807) is 6.33 Å². The summed E-state index contributed by atoms with van der Waals surface area (Å²) in [6, 6.07) is 22.8. The predicted molar refractivity (Wildman–Crippen MR) is 162 cm³/mol. The van der Waals surface area contributed by atoms with E-state index in [0.29, 0.717) is 57.1 Å². The zero-order chi connectivity index (χ0) is 28.9. The van der Waals surface area contributed by atoms with Crippen molar-refractivity contribution in [1.29, 1.82) is 0 Å². The fraction of sp³-hybridized carbons (Fsp3) is 0.312. The number of piperazine rings is 1. The first-order chi connectivity index (χ1) is 20.5. The van der Waals surface area contributed by atoms with Crippen LogP contribution in [-0.4, -0.2) is 69.7 Å². The van der Waals surface area contributed by atoms with Gasteiger partial charge >= 0.3 is 0 Å². The second-order valence-electron chi connectivity index (χ2n) is 10.8. The summed E-state index contributed by atoms with van der Waals surface area (Å²) in [7, 11) is 0. The summed E-state index contributed by atoms with van der Waals surface area (Å²) >= 11 is 6.11. The number of carbonyl (C=O) groups excluding carboxylic acids is 2. The van der Waals surface area contributed by atoms with E-state index in [2.05, 4.69) is 49.9 Å². The van der Waals surface area contributed by atoms with Gasteiger partial charge in [0, 0.05) is 49.9 Å². The Kier molecular flexibility index (Phi) is 8.48. The van der Waals surface area contributed by atoms with Gasteiger partial charge in [0.1, 0.15) is 18.7 Å². The summed E-state index contributed by atoms with van der Waals surface area (Å²) in [5, 5.41) is 11.3. The van der Waals surface area contributed by atoms with Gasteiger partial charge in [-0.05, 0) is 46.9 Å². The van der Waals surface area contributed by atoms with Crippen LogP contribution in [0.2, 0.25) is 5.02 Å². The molecule has 0 aliphatic carbocycles. The average Bonchev–Trinajstić information content (AvgIpc) is 3.55. The topological polar surface area (TPSA) is 95.4 Å². The summed E-state index contributed by atoms with van der Waals surface area (Å²) in [5.74, 6) is -0.220. The van der Waals surface area contributed by atoms with Crippen LogP contribution in [0, 0.1) is 0 Å². The molecule has 1 saturated heterocycles. The average molecular weight is 584 g/mol. The lowest BCUT2D eigenvalue weighted by atomic mass is 9.95. The van der Waals surface area contributed by atoms with Crippen LogP contribution in [0.5, 0.6) is 0 Å². The molecule has 9 nitrogen and oxygen atoms in total. The maximum absolute atomic E-state index is 13.9. The number of hydrogen-bond acceptors (Lipinski definition) is 6. The number of rotatable bonds is 8. The number of benzene rings is 3. The molecule has 3 heterocycles. The summed E-state index contributed by atoms with van der Waals surface area (Å²) in [4.78, 5) is 35.6. The normalized spacial score (nSPS) is 17.4. The minimum atomic E-state index is -0.677. The summed E-state index contributed by atoms with van der Waals surface area (Å²) in [6.45, 7) is 3.79. The van der Waals surface area contributed by atoms with Crippen molar-refractivity contribution in [2.75, 3.05) is 31.1 Å². The van der Waals surface area contributed by atoms with Gasteiger partial charge in [-0.25, -0.2) is 9.67 Å². The van der Waals surface area contributed by atoms with Crippen LogP contribution in [0.4, 0.5) is 5.69 Å². The maximum atomic E-state index is 13.9. The minimum absolute atomic E-state index is 0.0648. The van der Waals surface area contributed by atoms with Crippen LogP contribution in [-0.2, 0) is 35.5 Å². The zero-order valence-corrected chi connectivity index (χ0v) is 24.1. The van der Waals surface area contributed by atoms with Gasteiger partial charge in [-0.2, -0.15) is 5.10 Å². The third-order valence-corrected chi connectivity index (χ3v) is 8.34. The Hall–Kier alpha value is -4.21. The van der Waals surface area contributed by atoms with Crippen LogP contribution < -0.4 is 15.5 Å². The van der Waals surface area contributed by atoms with Gasteiger partial charge < -0.3 is 20.4 Å². The molecule has 2 atom stereocenters. The van der Waals surface area contributed by atoms with Gasteiger partial charge in [0.15, 0.2) is 0 Å². The van der Waals surface area contributed by atoms with E-state index in [4.69, 9.17) is 11.6 Å². The number of fused-ring (bicyclic) bond motifs is 1. The molecule has 2 N–H and O–H groups in total. The number of para-hydroxylation sites is 1. The SMILES string of the molecule is O=C(N[C@H](Cc1ccc(Cl)cc1)C(=O)N1CCN(c2ccccc2Cn2cncn2)CC1)[C@H]1Cc2ccccc2CN1. The zero-order valence-electron chi connectivity index (χ0n) is 23.3. The van der Waals surface area contributed by atoms with Gasteiger partial charge in [-0.3, -0.25) is 9.59 Å². The highest BCUT2D eigenvalue weighted by Gasteiger charge is 2.32. The number of amides is 2. The number of nitrogens with zero attached hydrogens (tertiary/aromatic N) is 5. The highest BCUT2D eigenvalue weighted by molar-refractivity contribution is 6.30. The molecule has 2 aliphatic heterocycles. The number of hydrogen-bond donors (Lipinski definition) is 2. The van der Waals surface area contributed by atoms with E-state index < -0.39 is 12.1 Å².